The molecule has 1 N–H and O–H groups in total. The zero-order valence-electron chi connectivity index (χ0n) is 16.3. The minimum atomic E-state index is -1.12. The maximum absolute atomic E-state index is 12.4. The second-order valence-corrected chi connectivity index (χ2v) is 6.06. The van der Waals surface area contributed by atoms with Gasteiger partial charge in [-0.2, -0.15) is 0 Å². The fraction of sp³-hybridized carbons (Fsp3) is 0.300. The van der Waals surface area contributed by atoms with E-state index in [0.717, 1.165) is 6.42 Å². The molecule has 1 amide bonds. The third kappa shape index (κ3) is 5.93. The normalized spacial score (nSPS) is 11.3. The number of nitro groups is 1. The van der Waals surface area contributed by atoms with Crippen LogP contribution in [0.5, 0.6) is 11.5 Å². The molecule has 0 aliphatic rings. The number of nitro benzene ring substituents is 1. The largest absolute Gasteiger partial charge is 0.493 e. The lowest BCUT2D eigenvalue weighted by molar-refractivity contribution is -0.384. The summed E-state index contributed by atoms with van der Waals surface area (Å²) in [5.74, 6) is -0.454. The van der Waals surface area contributed by atoms with Gasteiger partial charge in [0.1, 0.15) is 0 Å². The highest BCUT2D eigenvalue weighted by atomic mass is 16.6. The molecule has 0 fully saturated rings. The third-order valence-corrected chi connectivity index (χ3v) is 3.84. The molecule has 1 atom stereocenters. The van der Waals surface area contributed by atoms with E-state index in [0.29, 0.717) is 18.1 Å². The highest BCUT2D eigenvalue weighted by Crippen LogP contribution is 2.28. The number of hydrogen-bond acceptors (Lipinski definition) is 7. The van der Waals surface area contributed by atoms with Crippen molar-refractivity contribution in [2.45, 2.75) is 26.4 Å². The number of esters is 1. The topological polar surface area (TPSA) is 117 Å². The molecule has 29 heavy (non-hydrogen) atoms. The summed E-state index contributed by atoms with van der Waals surface area (Å²) in [6.45, 7) is 3.88. The summed E-state index contributed by atoms with van der Waals surface area (Å²) in [6.07, 6.45) is -0.298. The first-order valence-electron chi connectivity index (χ1n) is 8.92. The van der Waals surface area contributed by atoms with Gasteiger partial charge in [0, 0.05) is 17.8 Å². The van der Waals surface area contributed by atoms with Crippen LogP contribution in [0.15, 0.2) is 42.5 Å². The van der Waals surface area contributed by atoms with E-state index < -0.39 is 22.9 Å². The Morgan fingerprint density at radius 1 is 1.17 bits per heavy atom. The van der Waals surface area contributed by atoms with Crippen LogP contribution < -0.4 is 14.8 Å². The van der Waals surface area contributed by atoms with Gasteiger partial charge in [0.25, 0.3) is 11.6 Å². The molecule has 2 aromatic carbocycles. The van der Waals surface area contributed by atoms with Gasteiger partial charge >= 0.3 is 5.97 Å². The predicted octanol–water partition coefficient (Wildman–Crippen LogP) is 3.58. The monoisotopic (exact) mass is 402 g/mol. The van der Waals surface area contributed by atoms with E-state index >= 15 is 0 Å². The van der Waals surface area contributed by atoms with E-state index in [1.165, 1.54) is 50.4 Å². The van der Waals surface area contributed by atoms with Crippen LogP contribution in [-0.2, 0) is 9.53 Å². The summed E-state index contributed by atoms with van der Waals surface area (Å²) < 4.78 is 16.0. The summed E-state index contributed by atoms with van der Waals surface area (Å²) in [5.41, 5.74) is 0.261. The molecule has 2 aromatic rings. The van der Waals surface area contributed by atoms with Gasteiger partial charge < -0.3 is 19.5 Å². The molecule has 2 rings (SSSR count). The SMILES string of the molecule is CCCOc1ccc(C(=O)O[C@@H](C)C(=O)Nc2cccc([N+](=O)[O-])c2)cc1OC. The molecule has 9 nitrogen and oxygen atoms in total. The Morgan fingerprint density at radius 3 is 2.59 bits per heavy atom. The number of non-ortho nitro benzene ring substituents is 1. The van der Waals surface area contributed by atoms with Crippen molar-refractivity contribution in [3.63, 3.8) is 0 Å². The number of ether oxygens (including phenoxy) is 3. The van der Waals surface area contributed by atoms with E-state index in [2.05, 4.69) is 5.32 Å². The zero-order valence-corrected chi connectivity index (χ0v) is 16.3. The van der Waals surface area contributed by atoms with Gasteiger partial charge in [0.2, 0.25) is 0 Å². The highest BCUT2D eigenvalue weighted by Gasteiger charge is 2.21. The van der Waals surface area contributed by atoms with Gasteiger partial charge in [-0.1, -0.05) is 13.0 Å². The van der Waals surface area contributed by atoms with Crippen LogP contribution in [0.4, 0.5) is 11.4 Å². The lowest BCUT2D eigenvalue weighted by Gasteiger charge is -2.15. The molecule has 0 saturated heterocycles. The van der Waals surface area contributed by atoms with Crippen LogP contribution in [-0.4, -0.2) is 36.6 Å². The molecule has 0 aliphatic carbocycles. The number of methoxy groups -OCH3 is 1. The molecule has 9 heteroatoms. The quantitative estimate of drug-likeness (QED) is 0.387. The molecule has 0 aliphatic heterocycles. The maximum Gasteiger partial charge on any atom is 0.339 e. The molecule has 0 saturated carbocycles. The smallest absolute Gasteiger partial charge is 0.339 e. The summed E-state index contributed by atoms with van der Waals surface area (Å²) in [7, 11) is 1.46. The van der Waals surface area contributed by atoms with Crippen molar-refractivity contribution in [3.8, 4) is 11.5 Å². The summed E-state index contributed by atoms with van der Waals surface area (Å²) in [6, 6.07) is 10.0. The fourth-order valence-corrected chi connectivity index (χ4v) is 2.35. The van der Waals surface area contributed by atoms with Gasteiger partial charge in [-0.25, -0.2) is 4.79 Å². The van der Waals surface area contributed by atoms with Gasteiger partial charge in [-0.3, -0.25) is 14.9 Å². The van der Waals surface area contributed by atoms with Crippen LogP contribution >= 0.6 is 0 Å². The van der Waals surface area contributed by atoms with E-state index in [9.17, 15) is 19.7 Å². The second kappa shape index (κ2) is 10.1. The van der Waals surface area contributed by atoms with Crippen LogP contribution in [0.2, 0.25) is 0 Å². The lowest BCUT2D eigenvalue weighted by Crippen LogP contribution is -2.30. The number of hydrogen-bond donors (Lipinski definition) is 1. The van der Waals surface area contributed by atoms with Crippen molar-refractivity contribution in [2.24, 2.45) is 0 Å². The highest BCUT2D eigenvalue weighted by molar-refractivity contribution is 5.97. The Bertz CT molecular complexity index is 898. The van der Waals surface area contributed by atoms with Gasteiger partial charge in [0.05, 0.1) is 24.2 Å². The molecule has 154 valence electrons. The summed E-state index contributed by atoms with van der Waals surface area (Å²) >= 11 is 0. The number of rotatable bonds is 9. The molecule has 0 bridgehead atoms. The Hall–Kier alpha value is -3.62. The summed E-state index contributed by atoms with van der Waals surface area (Å²) in [4.78, 5) is 34.9. The van der Waals surface area contributed by atoms with Crippen molar-refractivity contribution in [2.75, 3.05) is 19.0 Å². The third-order valence-electron chi connectivity index (χ3n) is 3.84. The molecule has 0 unspecified atom stereocenters. The average molecular weight is 402 g/mol. The lowest BCUT2D eigenvalue weighted by atomic mass is 10.2. The van der Waals surface area contributed by atoms with E-state index in [-0.39, 0.29) is 16.9 Å². The Kier molecular flexibility index (Phi) is 7.53. The standard InChI is InChI=1S/C20H22N2O7/c1-4-10-28-17-9-8-14(11-18(17)27-3)20(24)29-13(2)19(23)21-15-6-5-7-16(12-15)22(25)26/h5-9,11-13H,4,10H2,1-3H3,(H,21,23)/t13-/m0/s1. The predicted molar refractivity (Wildman–Crippen MR) is 105 cm³/mol. The fourth-order valence-electron chi connectivity index (χ4n) is 2.35. The molecule has 0 radical (unpaired) electrons. The van der Waals surface area contributed by atoms with Crippen molar-refractivity contribution in [3.05, 3.63) is 58.1 Å². The van der Waals surface area contributed by atoms with Gasteiger partial charge in [-0.05, 0) is 37.6 Å². The molecular formula is C20H22N2O7. The number of nitrogens with zero attached hydrogens (tertiary/aromatic N) is 1. The van der Waals surface area contributed by atoms with Crippen LogP contribution in [0.3, 0.4) is 0 Å². The van der Waals surface area contributed by atoms with Gasteiger partial charge in [0.15, 0.2) is 17.6 Å². The van der Waals surface area contributed by atoms with Crippen molar-refractivity contribution in [1.82, 2.24) is 0 Å². The Labute approximate surface area is 167 Å². The number of amides is 1. The molecule has 0 heterocycles. The van der Waals surface area contributed by atoms with E-state index in [1.54, 1.807) is 6.07 Å². The maximum atomic E-state index is 12.4. The average Bonchev–Trinajstić information content (AvgIpc) is 2.72. The first-order chi connectivity index (χ1) is 13.8. The van der Waals surface area contributed by atoms with Crippen LogP contribution in [0.25, 0.3) is 0 Å². The first-order valence-corrected chi connectivity index (χ1v) is 8.92. The number of benzene rings is 2. The molecule has 0 spiro atoms. The minimum absolute atomic E-state index is 0.162. The number of nitrogens with one attached hydrogen (secondary N) is 1. The minimum Gasteiger partial charge on any atom is -0.493 e. The van der Waals surface area contributed by atoms with Crippen LogP contribution in [0.1, 0.15) is 30.6 Å². The van der Waals surface area contributed by atoms with E-state index in [1.807, 2.05) is 6.92 Å². The zero-order chi connectivity index (χ0) is 21.4. The Balaban J connectivity index is 2.03. The second-order valence-electron chi connectivity index (χ2n) is 6.06. The molecule has 0 aromatic heterocycles. The van der Waals surface area contributed by atoms with Crippen molar-refractivity contribution < 1.29 is 28.7 Å². The first kappa shape index (κ1) is 21.7. The summed E-state index contributed by atoms with van der Waals surface area (Å²) in [5, 5.41) is 13.3. The number of carbonyl (C=O) groups excluding carboxylic acids is 2. The van der Waals surface area contributed by atoms with E-state index in [4.69, 9.17) is 14.2 Å². The van der Waals surface area contributed by atoms with Crippen molar-refractivity contribution >= 4 is 23.3 Å². The van der Waals surface area contributed by atoms with Crippen molar-refractivity contribution in [1.29, 1.82) is 0 Å². The molecular weight excluding hydrogens is 380 g/mol. The number of carbonyl (C=O) groups is 2. The van der Waals surface area contributed by atoms with Gasteiger partial charge in [-0.15, -0.1) is 0 Å². The number of anilines is 1. The van der Waals surface area contributed by atoms with Crippen LogP contribution in [0, 0.1) is 10.1 Å². The Morgan fingerprint density at radius 2 is 1.93 bits per heavy atom.